The Morgan fingerprint density at radius 2 is 2.18 bits per heavy atom. The summed E-state index contributed by atoms with van der Waals surface area (Å²) in [6, 6.07) is 6.40. The summed E-state index contributed by atoms with van der Waals surface area (Å²) < 4.78 is 0. The van der Waals surface area contributed by atoms with Crippen LogP contribution >= 0.6 is 46.7 Å². The van der Waals surface area contributed by atoms with Gasteiger partial charge in [0.15, 0.2) is 5.96 Å². The molecular formula is C20H29IN4OS2. The number of nitrogens with one attached hydrogen (secondary N) is 1. The lowest BCUT2D eigenvalue weighted by atomic mass is 10.1. The third-order valence-corrected chi connectivity index (χ3v) is 6.68. The molecule has 0 bridgehead atoms. The minimum absolute atomic E-state index is 0. The molecule has 8 heteroatoms. The van der Waals surface area contributed by atoms with E-state index in [1.165, 1.54) is 15.3 Å². The van der Waals surface area contributed by atoms with Crippen LogP contribution in [-0.4, -0.2) is 54.9 Å². The van der Waals surface area contributed by atoms with Crippen molar-refractivity contribution in [3.63, 3.8) is 0 Å². The van der Waals surface area contributed by atoms with Gasteiger partial charge in [-0.2, -0.15) is 0 Å². The largest absolute Gasteiger partial charge is 0.357 e. The van der Waals surface area contributed by atoms with Crippen molar-refractivity contribution in [1.82, 2.24) is 15.1 Å². The molecule has 1 aliphatic heterocycles. The zero-order valence-corrected chi connectivity index (χ0v) is 20.5. The Morgan fingerprint density at radius 3 is 2.93 bits per heavy atom. The topological polar surface area (TPSA) is 47.9 Å². The zero-order valence-electron chi connectivity index (χ0n) is 16.5. The van der Waals surface area contributed by atoms with E-state index in [0.717, 1.165) is 45.0 Å². The Kier molecular flexibility index (Phi) is 9.73. The van der Waals surface area contributed by atoms with E-state index in [1.54, 1.807) is 22.7 Å². The van der Waals surface area contributed by atoms with Crippen molar-refractivity contribution in [2.24, 2.45) is 4.99 Å². The fourth-order valence-electron chi connectivity index (χ4n) is 3.19. The number of aliphatic imine (C=N–C) groups is 1. The molecule has 0 saturated heterocycles. The number of halogens is 1. The lowest BCUT2D eigenvalue weighted by Crippen LogP contribution is -2.40. The van der Waals surface area contributed by atoms with Crippen LogP contribution in [0.2, 0.25) is 0 Å². The number of carbonyl (C=O) groups is 1. The molecule has 0 aromatic carbocycles. The van der Waals surface area contributed by atoms with E-state index >= 15 is 0 Å². The molecule has 0 spiro atoms. The number of amides is 1. The number of hydrogen-bond donors (Lipinski definition) is 1. The van der Waals surface area contributed by atoms with E-state index in [0.29, 0.717) is 13.0 Å². The van der Waals surface area contributed by atoms with Gasteiger partial charge >= 0.3 is 0 Å². The van der Waals surface area contributed by atoms with E-state index in [2.05, 4.69) is 58.1 Å². The zero-order chi connectivity index (χ0) is 19.1. The number of carbonyl (C=O) groups excluding carboxylic acids is 1. The molecule has 1 N–H and O–H groups in total. The molecule has 1 amide bonds. The molecule has 0 atom stereocenters. The van der Waals surface area contributed by atoms with Gasteiger partial charge in [0, 0.05) is 49.4 Å². The fourth-order valence-corrected chi connectivity index (χ4v) is 4.77. The van der Waals surface area contributed by atoms with Gasteiger partial charge in [-0.3, -0.25) is 9.79 Å². The van der Waals surface area contributed by atoms with Gasteiger partial charge in [0.25, 0.3) is 0 Å². The highest BCUT2D eigenvalue weighted by atomic mass is 127. The van der Waals surface area contributed by atoms with Gasteiger partial charge in [0.2, 0.25) is 5.91 Å². The highest BCUT2D eigenvalue weighted by molar-refractivity contribution is 14.0. The highest BCUT2D eigenvalue weighted by Crippen LogP contribution is 2.24. The summed E-state index contributed by atoms with van der Waals surface area (Å²) in [5.41, 5.74) is 1.31. The van der Waals surface area contributed by atoms with Gasteiger partial charge in [0.05, 0.1) is 6.54 Å². The van der Waals surface area contributed by atoms with Crippen molar-refractivity contribution in [2.45, 2.75) is 32.7 Å². The van der Waals surface area contributed by atoms with Gasteiger partial charge < -0.3 is 15.1 Å². The van der Waals surface area contributed by atoms with Crippen molar-refractivity contribution < 1.29 is 4.79 Å². The molecule has 0 unspecified atom stereocenters. The number of fused-ring (bicyclic) bond motifs is 1. The first-order valence-corrected chi connectivity index (χ1v) is 11.3. The second kappa shape index (κ2) is 11.8. The molecule has 2 aromatic heterocycles. The van der Waals surface area contributed by atoms with Gasteiger partial charge in [-0.25, -0.2) is 0 Å². The summed E-state index contributed by atoms with van der Waals surface area (Å²) in [4.78, 5) is 24.1. The maximum Gasteiger partial charge on any atom is 0.224 e. The monoisotopic (exact) mass is 532 g/mol. The van der Waals surface area contributed by atoms with Crippen LogP contribution in [0.4, 0.5) is 0 Å². The highest BCUT2D eigenvalue weighted by Gasteiger charge is 2.21. The van der Waals surface area contributed by atoms with Crippen molar-refractivity contribution in [2.75, 3.05) is 33.2 Å². The van der Waals surface area contributed by atoms with Gasteiger partial charge in [-0.15, -0.1) is 46.7 Å². The quantitative estimate of drug-likeness (QED) is 0.335. The fraction of sp³-hybridized carbons (Fsp3) is 0.500. The van der Waals surface area contributed by atoms with E-state index in [1.807, 2.05) is 4.90 Å². The summed E-state index contributed by atoms with van der Waals surface area (Å²) in [6.07, 6.45) is 2.46. The molecule has 0 radical (unpaired) electrons. The average Bonchev–Trinajstić information content (AvgIpc) is 3.36. The lowest BCUT2D eigenvalue weighted by molar-refractivity contribution is -0.131. The Balaban J connectivity index is 0.00000280. The Labute approximate surface area is 192 Å². The Hall–Kier alpha value is -1.13. The summed E-state index contributed by atoms with van der Waals surface area (Å²) in [5.74, 6) is 1.08. The molecule has 28 heavy (non-hydrogen) atoms. The molecule has 0 saturated carbocycles. The predicted octanol–water partition coefficient (Wildman–Crippen LogP) is 3.84. The van der Waals surface area contributed by atoms with Crippen molar-refractivity contribution in [3.8, 4) is 0 Å². The number of thiophene rings is 2. The average molecular weight is 533 g/mol. The first kappa shape index (κ1) is 23.2. The van der Waals surface area contributed by atoms with Crippen LogP contribution in [0.25, 0.3) is 0 Å². The molecule has 0 aliphatic carbocycles. The van der Waals surface area contributed by atoms with E-state index in [-0.39, 0.29) is 29.9 Å². The van der Waals surface area contributed by atoms with Gasteiger partial charge in [-0.1, -0.05) is 6.07 Å². The molecule has 3 heterocycles. The van der Waals surface area contributed by atoms with E-state index in [9.17, 15) is 4.79 Å². The maximum atomic E-state index is 12.5. The first-order chi connectivity index (χ1) is 13.2. The number of likely N-dealkylation sites (N-methyl/N-ethyl adjacent to an activating group) is 1. The third kappa shape index (κ3) is 6.45. The summed E-state index contributed by atoms with van der Waals surface area (Å²) in [7, 11) is 2.06. The van der Waals surface area contributed by atoms with E-state index in [4.69, 9.17) is 0 Å². The molecule has 3 rings (SSSR count). The van der Waals surface area contributed by atoms with Crippen LogP contribution in [0.5, 0.6) is 0 Å². The van der Waals surface area contributed by atoms with Crippen LogP contribution in [-0.2, 0) is 24.2 Å². The van der Waals surface area contributed by atoms with Gasteiger partial charge in [-0.05, 0) is 48.2 Å². The third-order valence-electron chi connectivity index (χ3n) is 4.72. The van der Waals surface area contributed by atoms with Crippen LogP contribution in [0.1, 0.15) is 28.7 Å². The van der Waals surface area contributed by atoms with Crippen LogP contribution in [0, 0.1) is 0 Å². The second-order valence-electron chi connectivity index (χ2n) is 6.67. The SMILES string of the molecule is CCNC(=NCCC(=O)N1CCc2sccc2C1)N(C)CCc1cccs1.I. The van der Waals surface area contributed by atoms with Crippen molar-refractivity contribution in [3.05, 3.63) is 44.3 Å². The number of nitrogens with zero attached hydrogens (tertiary/aromatic N) is 3. The standard InChI is InChI=1S/C20H28N4OS2.HI/c1-3-21-20(23(2)11-7-17-5-4-13-26-17)22-10-6-19(25)24-12-8-18-16(15-24)9-14-27-18;/h4-5,9,13-14H,3,6-8,10-12,15H2,1-2H3,(H,21,22);1H. The minimum atomic E-state index is 0. The predicted molar refractivity (Wildman–Crippen MR) is 130 cm³/mol. The first-order valence-electron chi connectivity index (χ1n) is 9.52. The molecule has 1 aliphatic rings. The maximum absolute atomic E-state index is 12.5. The minimum Gasteiger partial charge on any atom is -0.357 e. The summed E-state index contributed by atoms with van der Waals surface area (Å²) in [5, 5.41) is 7.56. The van der Waals surface area contributed by atoms with Crippen molar-refractivity contribution >= 4 is 58.5 Å². The van der Waals surface area contributed by atoms with Crippen LogP contribution in [0.3, 0.4) is 0 Å². The number of rotatable bonds is 7. The lowest BCUT2D eigenvalue weighted by Gasteiger charge is -2.27. The molecular weight excluding hydrogens is 503 g/mol. The van der Waals surface area contributed by atoms with E-state index < -0.39 is 0 Å². The smallest absolute Gasteiger partial charge is 0.224 e. The summed E-state index contributed by atoms with van der Waals surface area (Å²) >= 11 is 3.59. The summed E-state index contributed by atoms with van der Waals surface area (Å²) in [6.45, 7) is 5.91. The second-order valence-corrected chi connectivity index (χ2v) is 8.70. The van der Waals surface area contributed by atoms with Crippen LogP contribution < -0.4 is 5.32 Å². The Morgan fingerprint density at radius 1 is 1.32 bits per heavy atom. The van der Waals surface area contributed by atoms with Crippen LogP contribution in [0.15, 0.2) is 34.0 Å². The van der Waals surface area contributed by atoms with Crippen molar-refractivity contribution in [1.29, 1.82) is 0 Å². The van der Waals surface area contributed by atoms with Gasteiger partial charge in [0.1, 0.15) is 0 Å². The molecule has 5 nitrogen and oxygen atoms in total. The number of hydrogen-bond acceptors (Lipinski definition) is 4. The number of guanidine groups is 1. The molecule has 0 fully saturated rings. The molecule has 154 valence electrons. The molecule has 2 aromatic rings. The normalized spacial score (nSPS) is 13.6. The Bertz CT molecular complexity index is 760.